The van der Waals surface area contributed by atoms with Crippen molar-refractivity contribution in [1.82, 2.24) is 0 Å². The van der Waals surface area contributed by atoms with Crippen LogP contribution in [0.1, 0.15) is 6.92 Å². The Hall–Kier alpha value is -2.29. The molecule has 0 spiro atoms. The smallest absolute Gasteiger partial charge is 0.412 e. The van der Waals surface area contributed by atoms with Gasteiger partial charge in [-0.25, -0.2) is 4.79 Å². The van der Waals surface area contributed by atoms with Gasteiger partial charge in [0.1, 0.15) is 0 Å². The van der Waals surface area contributed by atoms with Crippen LogP contribution >= 0.6 is 0 Å². The molecule has 92 valence electrons. The van der Waals surface area contributed by atoms with Crippen LogP contribution in [0.25, 0.3) is 0 Å². The number of allylic oxidation sites excluding steroid dienone is 2. The summed E-state index contributed by atoms with van der Waals surface area (Å²) >= 11 is 0. The van der Waals surface area contributed by atoms with Crippen molar-refractivity contribution >= 4 is 11.8 Å². The fourth-order valence-corrected chi connectivity index (χ4v) is 1.98. The fourth-order valence-electron chi connectivity index (χ4n) is 1.98. The molecule has 1 aliphatic rings. The number of nitrogens with zero attached hydrogens (tertiary/aromatic N) is 1. The monoisotopic (exact) mass is 241 g/mol. The van der Waals surface area contributed by atoms with E-state index in [2.05, 4.69) is 6.58 Å². The molecule has 1 aliphatic carbocycles. The summed E-state index contributed by atoms with van der Waals surface area (Å²) in [7, 11) is 0. The second-order valence-electron chi connectivity index (χ2n) is 4.19. The molecule has 2 rings (SSSR count). The lowest BCUT2D eigenvalue weighted by Crippen LogP contribution is -2.40. The van der Waals surface area contributed by atoms with Gasteiger partial charge in [-0.15, -0.1) is 0 Å². The highest BCUT2D eigenvalue weighted by Gasteiger charge is 2.26. The Labute approximate surface area is 106 Å². The fraction of sp³-hybridized carbons (Fsp3) is 0.133. The van der Waals surface area contributed by atoms with E-state index in [-0.39, 0.29) is 6.04 Å². The van der Waals surface area contributed by atoms with Crippen LogP contribution in [0.4, 0.5) is 10.5 Å². The highest BCUT2D eigenvalue weighted by atomic mass is 16.4. The lowest BCUT2D eigenvalue weighted by Gasteiger charge is -2.30. The van der Waals surface area contributed by atoms with Gasteiger partial charge in [-0.2, -0.15) is 0 Å². The summed E-state index contributed by atoms with van der Waals surface area (Å²) in [5.74, 6) is 0. The van der Waals surface area contributed by atoms with Crippen molar-refractivity contribution < 1.29 is 9.90 Å². The molecule has 1 aromatic carbocycles. The second-order valence-corrected chi connectivity index (χ2v) is 4.19. The largest absolute Gasteiger partial charge is 0.465 e. The predicted octanol–water partition coefficient (Wildman–Crippen LogP) is 3.61. The molecule has 0 fully saturated rings. The van der Waals surface area contributed by atoms with Crippen LogP contribution < -0.4 is 4.90 Å². The number of rotatable bonds is 2. The first-order chi connectivity index (χ1) is 8.61. The molecule has 3 heteroatoms. The summed E-state index contributed by atoms with van der Waals surface area (Å²) in [6, 6.07) is 8.73. The topological polar surface area (TPSA) is 40.5 Å². The van der Waals surface area contributed by atoms with Crippen LogP contribution in [0.5, 0.6) is 0 Å². The average molecular weight is 241 g/mol. The normalized spacial score (nSPS) is 18.4. The van der Waals surface area contributed by atoms with E-state index in [0.29, 0.717) is 5.69 Å². The van der Waals surface area contributed by atoms with E-state index < -0.39 is 6.09 Å². The first-order valence-electron chi connectivity index (χ1n) is 5.72. The Morgan fingerprint density at radius 3 is 2.61 bits per heavy atom. The lowest BCUT2D eigenvalue weighted by molar-refractivity contribution is 0.201. The molecule has 18 heavy (non-hydrogen) atoms. The molecule has 0 bridgehead atoms. The molecule has 0 saturated carbocycles. The van der Waals surface area contributed by atoms with Crippen molar-refractivity contribution in [2.75, 3.05) is 4.90 Å². The van der Waals surface area contributed by atoms with Gasteiger partial charge >= 0.3 is 6.09 Å². The molecule has 1 aromatic rings. The first-order valence-corrected chi connectivity index (χ1v) is 5.72. The third-order valence-electron chi connectivity index (χ3n) is 3.02. The minimum atomic E-state index is -0.980. The maximum Gasteiger partial charge on any atom is 0.412 e. The quantitative estimate of drug-likeness (QED) is 0.859. The minimum Gasteiger partial charge on any atom is -0.465 e. The van der Waals surface area contributed by atoms with Crippen LogP contribution in [0.2, 0.25) is 0 Å². The van der Waals surface area contributed by atoms with Crippen molar-refractivity contribution in [3.8, 4) is 0 Å². The molecule has 3 nitrogen and oxygen atoms in total. The van der Waals surface area contributed by atoms with Crippen molar-refractivity contribution in [2.24, 2.45) is 0 Å². The molecule has 0 radical (unpaired) electrons. The van der Waals surface area contributed by atoms with Crippen molar-refractivity contribution in [1.29, 1.82) is 0 Å². The zero-order valence-electron chi connectivity index (χ0n) is 10.2. The van der Waals surface area contributed by atoms with Crippen molar-refractivity contribution in [2.45, 2.75) is 13.0 Å². The highest BCUT2D eigenvalue weighted by molar-refractivity contribution is 5.88. The summed E-state index contributed by atoms with van der Waals surface area (Å²) in [5, 5.41) is 9.41. The number of hydrogen-bond acceptors (Lipinski definition) is 1. The van der Waals surface area contributed by atoms with Crippen LogP contribution in [-0.4, -0.2) is 17.2 Å². The van der Waals surface area contributed by atoms with Gasteiger partial charge in [-0.05, 0) is 30.2 Å². The summed E-state index contributed by atoms with van der Waals surface area (Å²) in [5.41, 5.74) is 2.46. The summed E-state index contributed by atoms with van der Waals surface area (Å²) in [6.07, 6.45) is 4.67. The molecular formula is C15H15NO2. The summed E-state index contributed by atoms with van der Waals surface area (Å²) in [6.45, 7) is 5.92. The van der Waals surface area contributed by atoms with Crippen molar-refractivity contribution in [3.63, 3.8) is 0 Å². The SMILES string of the molecule is C=C1C(C)=CC=CC1N(C(=O)O)c1ccccc1. The zero-order chi connectivity index (χ0) is 13.1. The first kappa shape index (κ1) is 12.2. The second kappa shape index (κ2) is 4.92. The van der Waals surface area contributed by atoms with E-state index in [1.54, 1.807) is 12.1 Å². The molecule has 0 saturated heterocycles. The molecule has 1 N–H and O–H groups in total. The van der Waals surface area contributed by atoms with Crippen LogP contribution in [0.3, 0.4) is 0 Å². The number of amides is 1. The Bertz CT molecular complexity index is 529. The highest BCUT2D eigenvalue weighted by Crippen LogP contribution is 2.27. The molecule has 1 amide bonds. The van der Waals surface area contributed by atoms with Crippen LogP contribution in [-0.2, 0) is 0 Å². The van der Waals surface area contributed by atoms with Crippen molar-refractivity contribution in [3.05, 3.63) is 66.3 Å². The Morgan fingerprint density at radius 1 is 1.33 bits per heavy atom. The molecule has 1 atom stereocenters. The van der Waals surface area contributed by atoms with E-state index in [0.717, 1.165) is 11.1 Å². The standard InChI is InChI=1S/C15H15NO2/c1-11-7-6-10-14(12(11)2)16(15(17)18)13-8-4-3-5-9-13/h3-10,14H,2H2,1H3,(H,17,18). The molecule has 1 unspecified atom stereocenters. The number of carboxylic acid groups (broad SMARTS) is 1. The Kier molecular flexibility index (Phi) is 3.33. The number of para-hydroxylation sites is 1. The van der Waals surface area contributed by atoms with Gasteiger partial charge in [0.05, 0.1) is 6.04 Å². The predicted molar refractivity (Wildman–Crippen MR) is 72.8 cm³/mol. The van der Waals surface area contributed by atoms with Gasteiger partial charge in [0, 0.05) is 5.69 Å². The third-order valence-corrected chi connectivity index (χ3v) is 3.02. The van der Waals surface area contributed by atoms with Gasteiger partial charge in [-0.1, -0.05) is 43.0 Å². The van der Waals surface area contributed by atoms with E-state index in [1.165, 1.54) is 4.90 Å². The summed E-state index contributed by atoms with van der Waals surface area (Å²) < 4.78 is 0. The minimum absolute atomic E-state index is 0.338. The maximum atomic E-state index is 11.5. The Morgan fingerprint density at radius 2 is 2.00 bits per heavy atom. The zero-order valence-corrected chi connectivity index (χ0v) is 10.2. The average Bonchev–Trinajstić information content (AvgIpc) is 2.36. The van der Waals surface area contributed by atoms with E-state index in [4.69, 9.17) is 0 Å². The van der Waals surface area contributed by atoms with Crippen LogP contribution in [0, 0.1) is 0 Å². The van der Waals surface area contributed by atoms with E-state index in [1.807, 2.05) is 43.4 Å². The maximum absolute atomic E-state index is 11.5. The number of hydrogen-bond donors (Lipinski definition) is 1. The van der Waals surface area contributed by atoms with Gasteiger partial charge in [0.25, 0.3) is 0 Å². The molecular weight excluding hydrogens is 226 g/mol. The van der Waals surface area contributed by atoms with Gasteiger partial charge in [0.15, 0.2) is 0 Å². The van der Waals surface area contributed by atoms with Gasteiger partial charge in [0.2, 0.25) is 0 Å². The van der Waals surface area contributed by atoms with Gasteiger partial charge in [-0.3, -0.25) is 4.90 Å². The molecule has 0 aromatic heterocycles. The molecule has 0 heterocycles. The molecule has 0 aliphatic heterocycles. The lowest BCUT2D eigenvalue weighted by atomic mass is 9.95. The number of benzene rings is 1. The Balaban J connectivity index is 2.39. The summed E-state index contributed by atoms with van der Waals surface area (Å²) in [4.78, 5) is 12.8. The third kappa shape index (κ3) is 2.20. The number of anilines is 1. The van der Waals surface area contributed by atoms with E-state index in [9.17, 15) is 9.90 Å². The van der Waals surface area contributed by atoms with Crippen LogP contribution in [0.15, 0.2) is 66.3 Å². The number of carbonyl (C=O) groups is 1. The van der Waals surface area contributed by atoms with E-state index >= 15 is 0 Å². The van der Waals surface area contributed by atoms with Gasteiger partial charge < -0.3 is 5.11 Å².